The minimum atomic E-state index is -1.61. The minimum Gasteiger partial charge on any atom is -0.508 e. The second kappa shape index (κ2) is 13.0. The summed E-state index contributed by atoms with van der Waals surface area (Å²) in [5.41, 5.74) is 2.19. The van der Waals surface area contributed by atoms with Crippen LogP contribution in [0.3, 0.4) is 0 Å². The molecule has 0 saturated carbocycles. The Labute approximate surface area is 236 Å². The molecule has 0 unspecified atom stereocenters. The lowest BCUT2D eigenvalue weighted by atomic mass is 9.98. The van der Waals surface area contributed by atoms with Crippen LogP contribution in [0.5, 0.6) is 5.75 Å². The highest BCUT2D eigenvalue weighted by atomic mass is 35.5. The molecule has 4 N–H and O–H groups in total. The van der Waals surface area contributed by atoms with Gasteiger partial charge in [0.25, 0.3) is 11.8 Å². The van der Waals surface area contributed by atoms with Crippen LogP contribution in [0.2, 0.25) is 5.02 Å². The van der Waals surface area contributed by atoms with Crippen molar-refractivity contribution < 1.29 is 24.6 Å². The number of phenolic OH excluding ortho intramolecular Hbond substituents is 1. The highest BCUT2D eigenvalue weighted by Crippen LogP contribution is 2.24. The SMILES string of the molecule is Cc1c(O)cccc1C(=O)N[C@@H](Cc1ccccc1)[C@H](O)C(=O)N1CSC[C@H]1C(=O)NCc1ccccc1Cl. The number of benzene rings is 3. The maximum Gasteiger partial charge on any atom is 0.254 e. The summed E-state index contributed by atoms with van der Waals surface area (Å²) in [7, 11) is 0. The van der Waals surface area contributed by atoms with Gasteiger partial charge in [0.1, 0.15) is 11.8 Å². The van der Waals surface area contributed by atoms with Crippen LogP contribution in [0.1, 0.15) is 27.0 Å². The fraction of sp³-hybridized carbons (Fsp3) is 0.276. The number of nitrogens with one attached hydrogen (secondary N) is 2. The second-order valence-corrected chi connectivity index (χ2v) is 10.7. The molecule has 0 aliphatic carbocycles. The molecular weight excluding hydrogens is 538 g/mol. The summed E-state index contributed by atoms with van der Waals surface area (Å²) in [6.45, 7) is 1.82. The zero-order chi connectivity index (χ0) is 27.9. The maximum atomic E-state index is 13.5. The molecular formula is C29H30ClN3O5S. The highest BCUT2D eigenvalue weighted by molar-refractivity contribution is 7.99. The first-order valence-corrected chi connectivity index (χ1v) is 14.0. The van der Waals surface area contributed by atoms with Crippen LogP contribution in [0.25, 0.3) is 0 Å². The molecule has 0 spiro atoms. The van der Waals surface area contributed by atoms with Crippen molar-refractivity contribution in [3.8, 4) is 5.75 Å². The van der Waals surface area contributed by atoms with Crippen molar-refractivity contribution >= 4 is 41.1 Å². The molecule has 39 heavy (non-hydrogen) atoms. The van der Waals surface area contributed by atoms with E-state index in [4.69, 9.17) is 11.6 Å². The summed E-state index contributed by atoms with van der Waals surface area (Å²) >= 11 is 7.60. The van der Waals surface area contributed by atoms with E-state index in [1.165, 1.54) is 22.7 Å². The Morgan fingerprint density at radius 1 is 1.05 bits per heavy atom. The Balaban J connectivity index is 1.50. The molecule has 10 heteroatoms. The summed E-state index contributed by atoms with van der Waals surface area (Å²) < 4.78 is 0. The zero-order valence-corrected chi connectivity index (χ0v) is 22.9. The monoisotopic (exact) mass is 567 g/mol. The van der Waals surface area contributed by atoms with Gasteiger partial charge in [-0.1, -0.05) is 66.2 Å². The van der Waals surface area contributed by atoms with E-state index in [0.717, 1.165) is 11.1 Å². The van der Waals surface area contributed by atoms with Crippen molar-refractivity contribution in [2.45, 2.75) is 38.1 Å². The van der Waals surface area contributed by atoms with E-state index in [0.29, 0.717) is 16.3 Å². The van der Waals surface area contributed by atoms with E-state index >= 15 is 0 Å². The molecule has 0 aromatic heterocycles. The molecule has 3 atom stereocenters. The molecule has 3 amide bonds. The molecule has 1 fully saturated rings. The third-order valence-corrected chi connectivity index (χ3v) is 8.06. The molecule has 1 aliphatic heterocycles. The smallest absolute Gasteiger partial charge is 0.254 e. The van der Waals surface area contributed by atoms with E-state index < -0.39 is 30.0 Å². The number of phenols is 1. The quantitative estimate of drug-likeness (QED) is 0.315. The molecule has 204 valence electrons. The van der Waals surface area contributed by atoms with Gasteiger partial charge in [-0.05, 0) is 42.7 Å². The Morgan fingerprint density at radius 2 is 1.77 bits per heavy atom. The van der Waals surface area contributed by atoms with Crippen LogP contribution >= 0.6 is 23.4 Å². The largest absolute Gasteiger partial charge is 0.508 e. The molecule has 3 aromatic carbocycles. The standard InChI is InChI=1S/C29H30ClN3O5S/c1-18-21(11-7-13-25(18)34)27(36)32-23(14-19-8-3-2-4-9-19)26(35)29(38)33-17-39-16-24(33)28(37)31-15-20-10-5-6-12-22(20)30/h2-13,23-24,26,34-35H,14-17H2,1H3,(H,31,37)(H,32,36)/t23-,24-,26-/m0/s1. The summed E-state index contributed by atoms with van der Waals surface area (Å²) in [6, 6.07) is 19.2. The van der Waals surface area contributed by atoms with Gasteiger partial charge in [-0.3, -0.25) is 14.4 Å². The number of carbonyl (C=O) groups excluding carboxylic acids is 3. The minimum absolute atomic E-state index is 0.0291. The number of halogens is 1. The normalized spacial score (nSPS) is 16.4. The number of aromatic hydroxyl groups is 1. The lowest BCUT2D eigenvalue weighted by molar-refractivity contribution is -0.146. The molecule has 3 aromatic rings. The molecule has 4 rings (SSSR count). The topological polar surface area (TPSA) is 119 Å². The van der Waals surface area contributed by atoms with E-state index in [1.54, 1.807) is 31.2 Å². The van der Waals surface area contributed by atoms with E-state index in [2.05, 4.69) is 10.6 Å². The first kappa shape index (κ1) is 28.5. The van der Waals surface area contributed by atoms with Gasteiger partial charge in [0, 0.05) is 28.4 Å². The number of carbonyl (C=O) groups is 3. The van der Waals surface area contributed by atoms with Crippen molar-refractivity contribution in [1.82, 2.24) is 15.5 Å². The lowest BCUT2D eigenvalue weighted by Crippen LogP contribution is -2.56. The molecule has 1 heterocycles. The van der Waals surface area contributed by atoms with Crippen molar-refractivity contribution in [3.05, 3.63) is 100 Å². The van der Waals surface area contributed by atoms with Crippen LogP contribution < -0.4 is 10.6 Å². The summed E-state index contributed by atoms with van der Waals surface area (Å²) in [5.74, 6) is -0.936. The van der Waals surface area contributed by atoms with Gasteiger partial charge in [0.05, 0.1) is 11.9 Å². The number of rotatable bonds is 9. The summed E-state index contributed by atoms with van der Waals surface area (Å²) in [6.07, 6.45) is -1.42. The van der Waals surface area contributed by atoms with Crippen molar-refractivity contribution in [3.63, 3.8) is 0 Å². The van der Waals surface area contributed by atoms with Crippen LogP contribution in [0.15, 0.2) is 72.8 Å². The summed E-state index contributed by atoms with van der Waals surface area (Å²) in [4.78, 5) is 41.1. The predicted octanol–water partition coefficient (Wildman–Crippen LogP) is 3.27. The van der Waals surface area contributed by atoms with E-state index in [1.807, 2.05) is 42.5 Å². The number of aliphatic hydroxyl groups excluding tert-OH is 1. The number of amides is 3. The van der Waals surface area contributed by atoms with Crippen molar-refractivity contribution in [2.24, 2.45) is 0 Å². The number of hydrogen-bond acceptors (Lipinski definition) is 6. The number of nitrogens with zero attached hydrogens (tertiary/aromatic N) is 1. The molecule has 0 bridgehead atoms. The van der Waals surface area contributed by atoms with Gasteiger partial charge in [-0.15, -0.1) is 11.8 Å². The average Bonchev–Trinajstić information content (AvgIpc) is 3.43. The Kier molecular flexibility index (Phi) is 9.50. The van der Waals surface area contributed by atoms with Crippen molar-refractivity contribution in [1.29, 1.82) is 0 Å². The number of hydrogen-bond donors (Lipinski definition) is 4. The Hall–Kier alpha value is -3.53. The van der Waals surface area contributed by atoms with Crippen molar-refractivity contribution in [2.75, 3.05) is 11.6 Å². The van der Waals surface area contributed by atoms with Gasteiger partial charge in [-0.25, -0.2) is 0 Å². The molecule has 8 nitrogen and oxygen atoms in total. The third-order valence-electron chi connectivity index (χ3n) is 6.68. The van der Waals surface area contributed by atoms with E-state index in [9.17, 15) is 24.6 Å². The fourth-order valence-corrected chi connectivity index (χ4v) is 5.75. The fourth-order valence-electron chi connectivity index (χ4n) is 4.39. The van der Waals surface area contributed by atoms with E-state index in [-0.39, 0.29) is 36.1 Å². The first-order valence-electron chi connectivity index (χ1n) is 12.5. The Morgan fingerprint density at radius 3 is 2.51 bits per heavy atom. The van der Waals surface area contributed by atoms with Gasteiger partial charge in [0.2, 0.25) is 5.91 Å². The third kappa shape index (κ3) is 6.92. The first-order chi connectivity index (χ1) is 18.8. The molecule has 1 saturated heterocycles. The van der Waals surface area contributed by atoms with Gasteiger partial charge < -0.3 is 25.7 Å². The zero-order valence-electron chi connectivity index (χ0n) is 21.3. The van der Waals surface area contributed by atoms with Crippen LogP contribution in [0.4, 0.5) is 0 Å². The summed E-state index contributed by atoms with van der Waals surface area (Å²) in [5, 5.41) is 27.4. The molecule has 1 aliphatic rings. The van der Waals surface area contributed by atoms with Gasteiger partial charge in [0.15, 0.2) is 6.10 Å². The Bertz CT molecular complexity index is 1340. The molecule has 0 radical (unpaired) electrons. The maximum absolute atomic E-state index is 13.5. The highest BCUT2D eigenvalue weighted by Gasteiger charge is 2.40. The van der Waals surface area contributed by atoms with Crippen LogP contribution in [-0.2, 0) is 22.6 Å². The average molecular weight is 568 g/mol. The van der Waals surface area contributed by atoms with Gasteiger partial charge in [-0.2, -0.15) is 0 Å². The van der Waals surface area contributed by atoms with Gasteiger partial charge >= 0.3 is 0 Å². The number of thioether (sulfide) groups is 1. The lowest BCUT2D eigenvalue weighted by Gasteiger charge is -2.30. The number of aliphatic hydroxyl groups is 1. The van der Waals surface area contributed by atoms with Crippen LogP contribution in [-0.4, -0.2) is 62.7 Å². The second-order valence-electron chi connectivity index (χ2n) is 9.30. The predicted molar refractivity (Wildman–Crippen MR) is 152 cm³/mol. The van der Waals surface area contributed by atoms with Crippen LogP contribution in [0, 0.1) is 6.92 Å².